The Labute approximate surface area is 169 Å². The van der Waals surface area contributed by atoms with Gasteiger partial charge >= 0.3 is 11.7 Å². The number of alkyl halides is 3. The fourth-order valence-corrected chi connectivity index (χ4v) is 4.10. The Balaban J connectivity index is 1.87. The van der Waals surface area contributed by atoms with Crippen LogP contribution in [0.25, 0.3) is 16.9 Å². The molecule has 0 aromatic carbocycles. The molecule has 0 aliphatic heterocycles. The lowest BCUT2D eigenvalue weighted by Gasteiger charge is -2.30. The first-order valence-corrected chi connectivity index (χ1v) is 9.74. The predicted molar refractivity (Wildman–Crippen MR) is 102 cm³/mol. The van der Waals surface area contributed by atoms with E-state index in [9.17, 15) is 18.0 Å². The fourth-order valence-electron chi connectivity index (χ4n) is 4.10. The Morgan fingerprint density at radius 1 is 1.20 bits per heavy atom. The maximum absolute atomic E-state index is 13.1. The van der Waals surface area contributed by atoms with Crippen molar-refractivity contribution < 1.29 is 13.2 Å². The van der Waals surface area contributed by atoms with Gasteiger partial charge in [0.2, 0.25) is 0 Å². The third-order valence-electron chi connectivity index (χ3n) is 5.69. The largest absolute Gasteiger partial charge is 0.391 e. The number of nitrogens with zero attached hydrogens (tertiary/aromatic N) is 6. The van der Waals surface area contributed by atoms with E-state index in [1.807, 2.05) is 13.0 Å². The van der Waals surface area contributed by atoms with Crippen LogP contribution in [0.15, 0.2) is 29.5 Å². The van der Waals surface area contributed by atoms with Crippen molar-refractivity contribution >= 4 is 11.2 Å². The van der Waals surface area contributed by atoms with Crippen LogP contribution in [0, 0.1) is 17.2 Å². The van der Waals surface area contributed by atoms with E-state index in [4.69, 9.17) is 5.26 Å². The zero-order valence-corrected chi connectivity index (χ0v) is 16.2. The number of pyridine rings is 1. The summed E-state index contributed by atoms with van der Waals surface area (Å²) in [5.74, 6) is -1.21. The molecule has 0 spiro atoms. The lowest BCUT2D eigenvalue weighted by Crippen LogP contribution is -2.29. The van der Waals surface area contributed by atoms with Crippen LogP contribution >= 0.6 is 0 Å². The lowest BCUT2D eigenvalue weighted by molar-refractivity contribution is -0.182. The molecule has 3 aromatic heterocycles. The van der Waals surface area contributed by atoms with E-state index in [-0.39, 0.29) is 42.8 Å². The quantitative estimate of drug-likeness (QED) is 0.649. The van der Waals surface area contributed by atoms with E-state index >= 15 is 0 Å². The summed E-state index contributed by atoms with van der Waals surface area (Å²) in [4.78, 5) is 25.2. The second-order valence-electron chi connectivity index (χ2n) is 7.42. The number of aromatic nitrogens is 5. The molecular weight excluding hydrogens is 397 g/mol. The van der Waals surface area contributed by atoms with Crippen LogP contribution < -0.4 is 5.56 Å². The van der Waals surface area contributed by atoms with E-state index < -0.39 is 17.7 Å². The van der Waals surface area contributed by atoms with Crippen molar-refractivity contribution in [3.8, 4) is 11.8 Å². The molecule has 1 fully saturated rings. The first kappa shape index (κ1) is 20.1. The lowest BCUT2D eigenvalue weighted by atomic mass is 9.81. The molecule has 30 heavy (non-hydrogen) atoms. The van der Waals surface area contributed by atoms with E-state index in [0.29, 0.717) is 23.7 Å². The second kappa shape index (κ2) is 7.55. The number of rotatable bonds is 3. The maximum Gasteiger partial charge on any atom is 0.391 e. The number of fused-ring (bicyclic) bond motifs is 1. The first-order valence-electron chi connectivity index (χ1n) is 9.74. The third-order valence-corrected chi connectivity index (χ3v) is 5.69. The van der Waals surface area contributed by atoms with Crippen LogP contribution in [0.5, 0.6) is 0 Å². The van der Waals surface area contributed by atoms with Gasteiger partial charge in [-0.1, -0.05) is 0 Å². The molecule has 0 amide bonds. The molecule has 1 saturated carbocycles. The van der Waals surface area contributed by atoms with E-state index in [0.717, 1.165) is 0 Å². The molecule has 0 saturated heterocycles. The van der Waals surface area contributed by atoms with Crippen LogP contribution in [0.4, 0.5) is 13.2 Å². The standard InChI is InChI=1S/C20H19F3N6O/c1-2-28-11-26-16-18(30)27-17(12-3-5-13(6-4-12)20(21,22)23)29(19(16)28)15-8-7-14(9-24)25-10-15/h7-8,10-13H,2-6H2,1H3. The van der Waals surface area contributed by atoms with Gasteiger partial charge in [-0.05, 0) is 44.7 Å². The molecule has 156 valence electrons. The number of nitriles is 1. The molecule has 0 radical (unpaired) electrons. The van der Waals surface area contributed by atoms with Gasteiger partial charge in [-0.25, -0.2) is 9.97 Å². The van der Waals surface area contributed by atoms with Gasteiger partial charge in [-0.2, -0.15) is 23.4 Å². The van der Waals surface area contributed by atoms with Crippen molar-refractivity contribution in [3.63, 3.8) is 0 Å². The molecule has 7 nitrogen and oxygen atoms in total. The van der Waals surface area contributed by atoms with Crippen LogP contribution in [0.3, 0.4) is 0 Å². The Morgan fingerprint density at radius 3 is 2.50 bits per heavy atom. The zero-order valence-electron chi connectivity index (χ0n) is 16.2. The van der Waals surface area contributed by atoms with Crippen LogP contribution in [0.1, 0.15) is 50.0 Å². The van der Waals surface area contributed by atoms with Crippen molar-refractivity contribution in [2.75, 3.05) is 0 Å². The highest BCUT2D eigenvalue weighted by Gasteiger charge is 2.42. The molecule has 3 aromatic rings. The Kier molecular flexibility index (Phi) is 5.05. The van der Waals surface area contributed by atoms with Crippen molar-refractivity contribution in [3.05, 3.63) is 46.5 Å². The average Bonchev–Trinajstić information content (AvgIpc) is 3.18. The predicted octanol–water partition coefficient (Wildman–Crippen LogP) is 3.70. The highest BCUT2D eigenvalue weighted by atomic mass is 19.4. The summed E-state index contributed by atoms with van der Waals surface area (Å²) in [6.45, 7) is 2.45. The van der Waals surface area contributed by atoms with Gasteiger partial charge in [-0.3, -0.25) is 9.36 Å². The van der Waals surface area contributed by atoms with Gasteiger partial charge in [0.15, 0.2) is 11.2 Å². The Morgan fingerprint density at radius 2 is 1.93 bits per heavy atom. The minimum Gasteiger partial charge on any atom is -0.316 e. The maximum atomic E-state index is 13.1. The molecule has 3 heterocycles. The summed E-state index contributed by atoms with van der Waals surface area (Å²) in [5, 5.41) is 9.03. The van der Waals surface area contributed by atoms with Crippen molar-refractivity contribution in [2.45, 2.75) is 51.2 Å². The smallest absolute Gasteiger partial charge is 0.316 e. The van der Waals surface area contributed by atoms with Crippen molar-refractivity contribution in [2.24, 2.45) is 5.92 Å². The summed E-state index contributed by atoms with van der Waals surface area (Å²) in [5.41, 5.74) is 1.03. The molecule has 0 N–H and O–H groups in total. The number of aryl methyl sites for hydroxylation is 1. The van der Waals surface area contributed by atoms with Crippen molar-refractivity contribution in [1.82, 2.24) is 24.1 Å². The summed E-state index contributed by atoms with van der Waals surface area (Å²) in [6.07, 6.45) is -0.590. The highest BCUT2D eigenvalue weighted by molar-refractivity contribution is 5.73. The Hall–Kier alpha value is -3.22. The van der Waals surface area contributed by atoms with Crippen LogP contribution in [0.2, 0.25) is 0 Å². The average molecular weight is 416 g/mol. The van der Waals surface area contributed by atoms with E-state index in [1.165, 1.54) is 6.20 Å². The number of halogens is 3. The molecule has 0 bridgehead atoms. The highest BCUT2D eigenvalue weighted by Crippen LogP contribution is 2.43. The zero-order chi connectivity index (χ0) is 21.5. The van der Waals surface area contributed by atoms with Gasteiger partial charge in [0.25, 0.3) is 0 Å². The monoisotopic (exact) mass is 416 g/mol. The first-order chi connectivity index (χ1) is 14.3. The number of imidazole rings is 1. The normalized spacial score (nSPS) is 19.7. The van der Waals surface area contributed by atoms with E-state index in [1.54, 1.807) is 27.6 Å². The third kappa shape index (κ3) is 3.44. The molecule has 10 heteroatoms. The topological polar surface area (TPSA) is 89.4 Å². The van der Waals surface area contributed by atoms with Gasteiger partial charge in [0.1, 0.15) is 17.6 Å². The number of hydrogen-bond donors (Lipinski definition) is 0. The van der Waals surface area contributed by atoms with E-state index in [2.05, 4.69) is 15.0 Å². The molecule has 1 aliphatic rings. The summed E-state index contributed by atoms with van der Waals surface area (Å²) < 4.78 is 42.8. The van der Waals surface area contributed by atoms with Crippen LogP contribution in [-0.2, 0) is 6.54 Å². The van der Waals surface area contributed by atoms with Crippen molar-refractivity contribution in [1.29, 1.82) is 5.26 Å². The van der Waals surface area contributed by atoms with Gasteiger partial charge in [0, 0.05) is 12.5 Å². The van der Waals surface area contributed by atoms with Crippen LogP contribution in [-0.4, -0.2) is 30.3 Å². The Bertz CT molecular complexity index is 1160. The summed E-state index contributed by atoms with van der Waals surface area (Å²) in [6, 6.07) is 5.20. The molecule has 4 rings (SSSR count). The molecule has 1 aliphatic carbocycles. The minimum atomic E-state index is -4.21. The minimum absolute atomic E-state index is 0.000728. The molecular formula is C20H19F3N6O. The SMILES string of the molecule is CCn1cnc2c(=O)nc(C3CCC(C(F)(F)F)CC3)n(-c3ccc(C#N)nc3)c21. The molecule has 0 atom stereocenters. The van der Waals surface area contributed by atoms with Gasteiger partial charge < -0.3 is 4.57 Å². The van der Waals surface area contributed by atoms with Gasteiger partial charge in [-0.15, -0.1) is 0 Å². The fraction of sp³-hybridized carbons (Fsp3) is 0.450. The number of hydrogen-bond acceptors (Lipinski definition) is 5. The summed E-state index contributed by atoms with van der Waals surface area (Å²) >= 11 is 0. The molecule has 0 unspecified atom stereocenters. The van der Waals surface area contributed by atoms with Gasteiger partial charge in [0.05, 0.1) is 24.1 Å². The second-order valence-corrected chi connectivity index (χ2v) is 7.42. The summed E-state index contributed by atoms with van der Waals surface area (Å²) in [7, 11) is 0.